The summed E-state index contributed by atoms with van der Waals surface area (Å²) in [5, 5.41) is 0. The summed E-state index contributed by atoms with van der Waals surface area (Å²) < 4.78 is 0. The van der Waals surface area contributed by atoms with Gasteiger partial charge in [0.1, 0.15) is 0 Å². The second kappa shape index (κ2) is 4.55. The number of anilines is 1. The summed E-state index contributed by atoms with van der Waals surface area (Å²) in [4.78, 5) is 4.41. The molecule has 0 unspecified atom stereocenters. The molecule has 2 aromatic rings. The average Bonchev–Trinajstić information content (AvgIpc) is 2.28. The maximum absolute atomic E-state index is 5.42. The first-order valence-electron chi connectivity index (χ1n) is 5.62. The van der Waals surface area contributed by atoms with Gasteiger partial charge < -0.3 is 5.43 Å². The molecule has 0 radical (unpaired) electrons. The zero-order chi connectivity index (χ0) is 12.4. The first-order valence-corrected chi connectivity index (χ1v) is 5.62. The highest BCUT2D eigenvalue weighted by molar-refractivity contribution is 5.70. The Bertz CT molecular complexity index is 524. The molecule has 0 fully saturated rings. The molecule has 1 aromatic carbocycles. The van der Waals surface area contributed by atoms with Gasteiger partial charge in [-0.15, -0.1) is 0 Å². The van der Waals surface area contributed by atoms with E-state index in [1.807, 2.05) is 12.1 Å². The minimum atomic E-state index is 0.870. The summed E-state index contributed by atoms with van der Waals surface area (Å²) in [5.74, 6) is 5.42. The van der Waals surface area contributed by atoms with Gasteiger partial charge in [-0.2, -0.15) is 0 Å². The van der Waals surface area contributed by atoms with Gasteiger partial charge in [0.25, 0.3) is 0 Å². The fourth-order valence-corrected chi connectivity index (χ4v) is 2.24. The van der Waals surface area contributed by atoms with Gasteiger partial charge in [-0.25, -0.2) is 0 Å². The molecule has 88 valence electrons. The van der Waals surface area contributed by atoms with Gasteiger partial charge >= 0.3 is 0 Å². The molecule has 0 aliphatic rings. The number of aromatic nitrogens is 1. The number of nitrogens with one attached hydrogen (secondary N) is 1. The van der Waals surface area contributed by atoms with E-state index in [9.17, 15) is 0 Å². The number of nitrogen functional groups attached to an aromatic ring is 1. The van der Waals surface area contributed by atoms with Crippen LogP contribution in [0.15, 0.2) is 30.5 Å². The predicted octanol–water partition coefficient (Wildman–Crippen LogP) is 2.96. The third-order valence-electron chi connectivity index (χ3n) is 2.86. The molecule has 0 amide bonds. The van der Waals surface area contributed by atoms with E-state index in [-0.39, 0.29) is 0 Å². The molecule has 0 aliphatic carbocycles. The third kappa shape index (κ3) is 2.29. The molecule has 0 bridgehead atoms. The van der Waals surface area contributed by atoms with E-state index in [0.29, 0.717) is 0 Å². The molecule has 3 nitrogen and oxygen atoms in total. The Labute approximate surface area is 102 Å². The van der Waals surface area contributed by atoms with E-state index in [1.165, 1.54) is 22.3 Å². The van der Waals surface area contributed by atoms with Crippen molar-refractivity contribution >= 4 is 5.69 Å². The van der Waals surface area contributed by atoms with Crippen LogP contribution in [0.1, 0.15) is 16.7 Å². The molecule has 3 heteroatoms. The minimum Gasteiger partial charge on any atom is -0.324 e. The van der Waals surface area contributed by atoms with Gasteiger partial charge in [-0.05, 0) is 44.0 Å². The van der Waals surface area contributed by atoms with Crippen molar-refractivity contribution < 1.29 is 0 Å². The van der Waals surface area contributed by atoms with Crippen molar-refractivity contribution in [2.45, 2.75) is 20.8 Å². The lowest BCUT2D eigenvalue weighted by molar-refractivity contribution is 1.25. The Morgan fingerprint density at radius 3 is 2.29 bits per heavy atom. The monoisotopic (exact) mass is 227 g/mol. The summed E-state index contributed by atoms with van der Waals surface area (Å²) in [6.45, 7) is 6.33. The van der Waals surface area contributed by atoms with Crippen molar-refractivity contribution in [3.8, 4) is 11.3 Å². The van der Waals surface area contributed by atoms with E-state index in [4.69, 9.17) is 5.84 Å². The van der Waals surface area contributed by atoms with Crippen molar-refractivity contribution in [2.24, 2.45) is 5.84 Å². The lowest BCUT2D eigenvalue weighted by Crippen LogP contribution is -2.06. The van der Waals surface area contributed by atoms with Gasteiger partial charge in [0, 0.05) is 11.8 Å². The molecule has 0 atom stereocenters. The molecule has 17 heavy (non-hydrogen) atoms. The topological polar surface area (TPSA) is 50.9 Å². The quantitative estimate of drug-likeness (QED) is 0.612. The molecule has 1 aromatic heterocycles. The number of hydrogen-bond acceptors (Lipinski definition) is 3. The van der Waals surface area contributed by atoms with Gasteiger partial charge in [-0.1, -0.05) is 17.7 Å². The van der Waals surface area contributed by atoms with Crippen LogP contribution >= 0.6 is 0 Å². The summed E-state index contributed by atoms with van der Waals surface area (Å²) in [7, 11) is 0. The summed E-state index contributed by atoms with van der Waals surface area (Å²) in [5.41, 5.74) is 9.41. The van der Waals surface area contributed by atoms with Crippen LogP contribution in [0.4, 0.5) is 5.69 Å². The fourth-order valence-electron chi connectivity index (χ4n) is 2.24. The Morgan fingerprint density at radius 1 is 1.06 bits per heavy atom. The minimum absolute atomic E-state index is 0.870. The molecule has 0 spiro atoms. The van der Waals surface area contributed by atoms with Crippen LogP contribution in [0.5, 0.6) is 0 Å². The van der Waals surface area contributed by atoms with Crippen LogP contribution in [-0.2, 0) is 0 Å². The van der Waals surface area contributed by atoms with Crippen molar-refractivity contribution in [1.82, 2.24) is 4.98 Å². The molecule has 0 saturated carbocycles. The van der Waals surface area contributed by atoms with E-state index in [2.05, 4.69) is 43.3 Å². The fraction of sp³-hybridized carbons (Fsp3) is 0.214. The maximum Gasteiger partial charge on any atom is 0.0728 e. The van der Waals surface area contributed by atoms with Crippen molar-refractivity contribution in [1.29, 1.82) is 0 Å². The molecule has 3 N–H and O–H groups in total. The average molecular weight is 227 g/mol. The highest BCUT2D eigenvalue weighted by atomic mass is 15.2. The summed E-state index contributed by atoms with van der Waals surface area (Å²) in [6.07, 6.45) is 1.77. The van der Waals surface area contributed by atoms with Crippen LogP contribution in [-0.4, -0.2) is 4.98 Å². The number of hydrogen-bond donors (Lipinski definition) is 2. The zero-order valence-electron chi connectivity index (χ0n) is 10.4. The smallest absolute Gasteiger partial charge is 0.0728 e. The van der Waals surface area contributed by atoms with E-state index >= 15 is 0 Å². The SMILES string of the molecule is Cc1cc(C)c(-c2cc(NN)ccn2)c(C)c1. The normalized spacial score (nSPS) is 10.4. The third-order valence-corrected chi connectivity index (χ3v) is 2.86. The second-order valence-corrected chi connectivity index (χ2v) is 4.35. The summed E-state index contributed by atoms with van der Waals surface area (Å²) >= 11 is 0. The molecule has 0 saturated heterocycles. The van der Waals surface area contributed by atoms with E-state index in [0.717, 1.165) is 11.4 Å². The van der Waals surface area contributed by atoms with E-state index < -0.39 is 0 Å². The largest absolute Gasteiger partial charge is 0.324 e. The maximum atomic E-state index is 5.42. The Balaban J connectivity index is 2.60. The Hall–Kier alpha value is -1.87. The highest BCUT2D eigenvalue weighted by Gasteiger charge is 2.08. The van der Waals surface area contributed by atoms with Crippen molar-refractivity contribution in [3.05, 3.63) is 47.2 Å². The number of rotatable bonds is 2. The van der Waals surface area contributed by atoms with Crippen LogP contribution in [0.3, 0.4) is 0 Å². The predicted molar refractivity (Wildman–Crippen MR) is 71.7 cm³/mol. The first-order chi connectivity index (χ1) is 8.11. The van der Waals surface area contributed by atoms with Crippen LogP contribution in [0.2, 0.25) is 0 Å². The lowest BCUT2D eigenvalue weighted by atomic mass is 9.97. The van der Waals surface area contributed by atoms with Crippen LogP contribution in [0.25, 0.3) is 11.3 Å². The number of benzene rings is 1. The van der Waals surface area contributed by atoms with Gasteiger partial charge in [-0.3, -0.25) is 10.8 Å². The van der Waals surface area contributed by atoms with Crippen molar-refractivity contribution in [2.75, 3.05) is 5.43 Å². The van der Waals surface area contributed by atoms with Crippen molar-refractivity contribution in [3.63, 3.8) is 0 Å². The van der Waals surface area contributed by atoms with Crippen LogP contribution < -0.4 is 11.3 Å². The lowest BCUT2D eigenvalue weighted by Gasteiger charge is -2.11. The summed E-state index contributed by atoms with van der Waals surface area (Å²) in [6, 6.07) is 8.16. The molecular weight excluding hydrogens is 210 g/mol. The molecular formula is C14H17N3. The molecule has 2 rings (SSSR count). The second-order valence-electron chi connectivity index (χ2n) is 4.35. The van der Waals surface area contributed by atoms with Gasteiger partial charge in [0.15, 0.2) is 0 Å². The van der Waals surface area contributed by atoms with Gasteiger partial charge in [0.2, 0.25) is 0 Å². The molecule has 0 aliphatic heterocycles. The Kier molecular flexibility index (Phi) is 3.11. The zero-order valence-corrected chi connectivity index (χ0v) is 10.4. The number of nitrogens with zero attached hydrogens (tertiary/aromatic N) is 1. The van der Waals surface area contributed by atoms with E-state index in [1.54, 1.807) is 6.20 Å². The standard InChI is InChI=1S/C14H17N3/c1-9-6-10(2)14(11(3)7-9)13-8-12(17-15)4-5-16-13/h4-8H,15H2,1-3H3,(H,16,17). The van der Waals surface area contributed by atoms with Gasteiger partial charge in [0.05, 0.1) is 11.4 Å². The number of pyridine rings is 1. The number of aryl methyl sites for hydroxylation is 3. The number of hydrazine groups is 1. The first kappa shape index (κ1) is 11.6. The molecule has 1 heterocycles. The van der Waals surface area contributed by atoms with Crippen LogP contribution in [0, 0.1) is 20.8 Å². The number of nitrogens with two attached hydrogens (primary N) is 1. The highest BCUT2D eigenvalue weighted by Crippen LogP contribution is 2.27. The Morgan fingerprint density at radius 2 is 1.71 bits per heavy atom.